The molecule has 1 fully saturated rings. The van der Waals surface area contributed by atoms with E-state index in [2.05, 4.69) is 5.32 Å². The van der Waals surface area contributed by atoms with E-state index in [-0.39, 0.29) is 19.1 Å². The number of nitrogens with one attached hydrogen (secondary N) is 1. The third-order valence-corrected chi connectivity index (χ3v) is 3.70. The second-order valence-electron chi connectivity index (χ2n) is 5.50. The summed E-state index contributed by atoms with van der Waals surface area (Å²) < 4.78 is 15.8. The quantitative estimate of drug-likeness (QED) is 0.731. The van der Waals surface area contributed by atoms with Crippen LogP contribution in [0.4, 0.5) is 0 Å². The Morgan fingerprint density at radius 1 is 1.33 bits per heavy atom. The predicted octanol–water partition coefficient (Wildman–Crippen LogP) is 0.860. The van der Waals surface area contributed by atoms with E-state index < -0.39 is 18.0 Å². The van der Waals surface area contributed by atoms with E-state index in [0.717, 1.165) is 11.3 Å². The molecule has 7 heteroatoms. The highest BCUT2D eigenvalue weighted by Crippen LogP contribution is 2.15. The molecular formula is C17H23NO6. The minimum atomic E-state index is -0.954. The van der Waals surface area contributed by atoms with Crippen molar-refractivity contribution in [2.45, 2.75) is 19.4 Å². The molecule has 1 aromatic carbocycles. The molecule has 0 aromatic heterocycles. The molecule has 1 heterocycles. The number of benzene rings is 1. The smallest absolute Gasteiger partial charge is 0.308 e. The Balaban J connectivity index is 1.87. The molecular weight excluding hydrogens is 314 g/mol. The molecule has 0 radical (unpaired) electrons. The van der Waals surface area contributed by atoms with Gasteiger partial charge < -0.3 is 24.6 Å². The highest BCUT2D eigenvalue weighted by molar-refractivity contribution is 5.81. The number of aliphatic carboxylic acids is 1. The van der Waals surface area contributed by atoms with Gasteiger partial charge in [0.2, 0.25) is 0 Å². The van der Waals surface area contributed by atoms with Crippen LogP contribution in [0.2, 0.25) is 0 Å². The first-order valence-electron chi connectivity index (χ1n) is 8.01. The van der Waals surface area contributed by atoms with Crippen LogP contribution >= 0.6 is 0 Å². The van der Waals surface area contributed by atoms with E-state index in [1.165, 1.54) is 0 Å². The maximum atomic E-state index is 12.0. The summed E-state index contributed by atoms with van der Waals surface area (Å²) in [5, 5.41) is 12.0. The van der Waals surface area contributed by atoms with Gasteiger partial charge in [-0.3, -0.25) is 9.59 Å². The molecule has 2 rings (SSSR count). The van der Waals surface area contributed by atoms with E-state index >= 15 is 0 Å². The van der Waals surface area contributed by atoms with Gasteiger partial charge in [0.1, 0.15) is 5.75 Å². The normalized spacial score (nSPS) is 18.6. The van der Waals surface area contributed by atoms with Gasteiger partial charge in [0.05, 0.1) is 32.3 Å². The van der Waals surface area contributed by atoms with Crippen molar-refractivity contribution in [2.24, 2.45) is 5.92 Å². The fourth-order valence-corrected chi connectivity index (χ4v) is 2.40. The van der Waals surface area contributed by atoms with E-state index in [0.29, 0.717) is 26.2 Å². The standard InChI is InChI=1S/C17H23NO6/c1-2-23-14-5-3-12(4-6-14)9-13(17(20)21)10-18-16(19)15-11-22-7-8-24-15/h3-6,13,15H,2,7-11H2,1H3,(H,18,19)(H,20,21). The summed E-state index contributed by atoms with van der Waals surface area (Å²) in [4.78, 5) is 23.4. The highest BCUT2D eigenvalue weighted by atomic mass is 16.6. The number of carboxylic acid groups (broad SMARTS) is 1. The zero-order chi connectivity index (χ0) is 17.4. The number of carbonyl (C=O) groups excluding carboxylic acids is 1. The fourth-order valence-electron chi connectivity index (χ4n) is 2.40. The van der Waals surface area contributed by atoms with E-state index in [1.807, 2.05) is 31.2 Å². The van der Waals surface area contributed by atoms with E-state index in [1.54, 1.807) is 0 Å². The first-order chi connectivity index (χ1) is 11.6. The maximum absolute atomic E-state index is 12.0. The first-order valence-corrected chi connectivity index (χ1v) is 8.01. The Hall–Kier alpha value is -2.12. The zero-order valence-corrected chi connectivity index (χ0v) is 13.7. The fraction of sp³-hybridized carbons (Fsp3) is 0.529. The molecule has 0 spiro atoms. The second-order valence-corrected chi connectivity index (χ2v) is 5.50. The van der Waals surface area contributed by atoms with Crippen LogP contribution in [0, 0.1) is 5.92 Å². The van der Waals surface area contributed by atoms with Crippen LogP contribution in [0.25, 0.3) is 0 Å². The molecule has 24 heavy (non-hydrogen) atoms. The molecule has 1 aromatic rings. The van der Waals surface area contributed by atoms with Crippen LogP contribution in [-0.4, -0.2) is 56.1 Å². The molecule has 0 aliphatic carbocycles. The topological polar surface area (TPSA) is 94.1 Å². The third-order valence-electron chi connectivity index (χ3n) is 3.70. The monoisotopic (exact) mass is 337 g/mol. The number of amides is 1. The summed E-state index contributed by atoms with van der Waals surface area (Å²) in [5.74, 6) is -1.26. The van der Waals surface area contributed by atoms with Crippen LogP contribution in [0.3, 0.4) is 0 Å². The molecule has 1 aliphatic heterocycles. The van der Waals surface area contributed by atoms with Crippen molar-refractivity contribution in [3.05, 3.63) is 29.8 Å². The third kappa shape index (κ3) is 5.50. The molecule has 2 unspecified atom stereocenters. The van der Waals surface area contributed by atoms with Crippen LogP contribution < -0.4 is 10.1 Å². The molecule has 7 nitrogen and oxygen atoms in total. The maximum Gasteiger partial charge on any atom is 0.308 e. The van der Waals surface area contributed by atoms with Gasteiger partial charge >= 0.3 is 5.97 Å². The minimum Gasteiger partial charge on any atom is -0.494 e. The van der Waals surface area contributed by atoms with Crippen molar-refractivity contribution >= 4 is 11.9 Å². The first kappa shape index (κ1) is 18.2. The van der Waals surface area contributed by atoms with Gasteiger partial charge in [-0.25, -0.2) is 0 Å². The van der Waals surface area contributed by atoms with Gasteiger partial charge in [-0.2, -0.15) is 0 Å². The Morgan fingerprint density at radius 2 is 2.08 bits per heavy atom. The Labute approximate surface area is 140 Å². The number of carbonyl (C=O) groups is 2. The van der Waals surface area contributed by atoms with Crippen LogP contribution in [0.5, 0.6) is 5.75 Å². The number of rotatable bonds is 8. The average Bonchev–Trinajstić information content (AvgIpc) is 2.60. The Bertz CT molecular complexity index is 539. The molecule has 2 N–H and O–H groups in total. The van der Waals surface area contributed by atoms with Gasteiger partial charge in [0.15, 0.2) is 6.10 Å². The number of hydrogen-bond acceptors (Lipinski definition) is 5. The summed E-state index contributed by atoms with van der Waals surface area (Å²) in [6.45, 7) is 3.56. The van der Waals surface area contributed by atoms with Crippen LogP contribution in [0.1, 0.15) is 12.5 Å². The largest absolute Gasteiger partial charge is 0.494 e. The van der Waals surface area contributed by atoms with Gasteiger partial charge in [-0.15, -0.1) is 0 Å². The Morgan fingerprint density at radius 3 is 2.67 bits per heavy atom. The van der Waals surface area contributed by atoms with Crippen molar-refractivity contribution in [3.8, 4) is 5.75 Å². The second kappa shape index (κ2) is 9.24. The van der Waals surface area contributed by atoms with Gasteiger partial charge in [-0.1, -0.05) is 12.1 Å². The minimum absolute atomic E-state index is 0.0429. The SMILES string of the molecule is CCOc1ccc(CC(CNC(=O)C2COCCO2)C(=O)O)cc1. The molecule has 1 amide bonds. The summed E-state index contributed by atoms with van der Waals surface area (Å²) in [6.07, 6.45) is -0.344. The Kier molecular flexibility index (Phi) is 7.02. The van der Waals surface area contributed by atoms with Crippen LogP contribution in [-0.2, 0) is 25.5 Å². The molecule has 0 bridgehead atoms. The van der Waals surface area contributed by atoms with Crippen molar-refractivity contribution in [1.29, 1.82) is 0 Å². The number of ether oxygens (including phenoxy) is 3. The van der Waals surface area contributed by atoms with Gasteiger partial charge in [0, 0.05) is 6.54 Å². The number of carboxylic acids is 1. The van der Waals surface area contributed by atoms with Crippen molar-refractivity contribution < 1.29 is 28.9 Å². The average molecular weight is 337 g/mol. The molecule has 2 atom stereocenters. The van der Waals surface area contributed by atoms with Gasteiger partial charge in [-0.05, 0) is 31.0 Å². The van der Waals surface area contributed by atoms with Crippen molar-refractivity contribution in [3.63, 3.8) is 0 Å². The summed E-state index contributed by atoms with van der Waals surface area (Å²) in [5.41, 5.74) is 0.873. The lowest BCUT2D eigenvalue weighted by molar-refractivity contribution is -0.148. The molecule has 1 aliphatic rings. The van der Waals surface area contributed by atoms with Crippen molar-refractivity contribution in [1.82, 2.24) is 5.32 Å². The van der Waals surface area contributed by atoms with Crippen LogP contribution in [0.15, 0.2) is 24.3 Å². The lowest BCUT2D eigenvalue weighted by atomic mass is 9.99. The highest BCUT2D eigenvalue weighted by Gasteiger charge is 2.25. The molecule has 1 saturated heterocycles. The predicted molar refractivity (Wildman–Crippen MR) is 86.0 cm³/mol. The summed E-state index contributed by atoms with van der Waals surface area (Å²) in [7, 11) is 0. The molecule has 132 valence electrons. The lowest BCUT2D eigenvalue weighted by Crippen LogP contribution is -2.45. The van der Waals surface area contributed by atoms with Crippen molar-refractivity contribution in [2.75, 3.05) is 33.0 Å². The van der Waals surface area contributed by atoms with Gasteiger partial charge in [0.25, 0.3) is 5.91 Å². The summed E-state index contributed by atoms with van der Waals surface area (Å²) >= 11 is 0. The molecule has 0 saturated carbocycles. The number of hydrogen-bond donors (Lipinski definition) is 2. The van der Waals surface area contributed by atoms with E-state index in [4.69, 9.17) is 14.2 Å². The summed E-state index contributed by atoms with van der Waals surface area (Å²) in [6, 6.07) is 7.29. The van der Waals surface area contributed by atoms with E-state index in [9.17, 15) is 14.7 Å². The zero-order valence-electron chi connectivity index (χ0n) is 13.7. The lowest BCUT2D eigenvalue weighted by Gasteiger charge is -2.23.